The third kappa shape index (κ3) is 4.85. The number of methoxy groups -OCH3 is 1. The molecule has 1 aliphatic carbocycles. The molecule has 7 nitrogen and oxygen atoms in total. The maximum absolute atomic E-state index is 12.9. The monoisotopic (exact) mass is 410 g/mol. The molecule has 1 saturated carbocycles. The second-order valence-corrected chi connectivity index (χ2v) is 9.70. The standard InChI is InChI=1S/C20H30N2O5S/c1-14-6-4-8-19(15(14)2)27-13-20(23)22-11-5-7-17(18(22)12-26-3)21-28(24,25)16-9-10-16/h4,6,8,16-18,21H,5,7,9-13H2,1-3H3/t17-,18?/m0/s1. The Kier molecular flexibility index (Phi) is 6.62. The molecule has 1 aromatic rings. The smallest absolute Gasteiger partial charge is 0.260 e. The van der Waals surface area contributed by atoms with E-state index >= 15 is 0 Å². The summed E-state index contributed by atoms with van der Waals surface area (Å²) in [4.78, 5) is 14.6. The van der Waals surface area contributed by atoms with E-state index in [4.69, 9.17) is 9.47 Å². The number of nitrogens with one attached hydrogen (secondary N) is 1. The fourth-order valence-electron chi connectivity index (χ4n) is 3.67. The van der Waals surface area contributed by atoms with Gasteiger partial charge in [0.05, 0.1) is 17.9 Å². The fourth-order valence-corrected chi connectivity index (χ4v) is 5.32. The molecule has 1 N–H and O–H groups in total. The number of ether oxygens (including phenoxy) is 2. The molecule has 8 heteroatoms. The maximum Gasteiger partial charge on any atom is 0.260 e. The van der Waals surface area contributed by atoms with E-state index in [0.29, 0.717) is 31.6 Å². The zero-order valence-electron chi connectivity index (χ0n) is 16.8. The highest BCUT2D eigenvalue weighted by molar-refractivity contribution is 7.90. The molecule has 0 radical (unpaired) electrons. The lowest BCUT2D eigenvalue weighted by atomic mass is 9.97. The molecular weight excluding hydrogens is 380 g/mol. The van der Waals surface area contributed by atoms with Crippen LogP contribution in [0.15, 0.2) is 18.2 Å². The summed E-state index contributed by atoms with van der Waals surface area (Å²) >= 11 is 0. The molecule has 2 fully saturated rings. The van der Waals surface area contributed by atoms with Crippen LogP contribution in [0, 0.1) is 13.8 Å². The Morgan fingerprint density at radius 2 is 2.00 bits per heavy atom. The van der Waals surface area contributed by atoms with Crippen molar-refractivity contribution < 1.29 is 22.7 Å². The largest absolute Gasteiger partial charge is 0.483 e. The highest BCUT2D eigenvalue weighted by Crippen LogP contribution is 2.29. The van der Waals surface area contributed by atoms with Crippen LogP contribution in [0.5, 0.6) is 5.75 Å². The van der Waals surface area contributed by atoms with Crippen molar-refractivity contribution in [2.24, 2.45) is 0 Å². The zero-order chi connectivity index (χ0) is 20.3. The Morgan fingerprint density at radius 3 is 2.68 bits per heavy atom. The number of nitrogens with zero attached hydrogens (tertiary/aromatic N) is 1. The van der Waals surface area contributed by atoms with Gasteiger partial charge in [-0.3, -0.25) is 4.79 Å². The van der Waals surface area contributed by atoms with Crippen LogP contribution in [0.2, 0.25) is 0 Å². The first-order chi connectivity index (χ1) is 13.3. The molecule has 1 aliphatic heterocycles. The van der Waals surface area contributed by atoms with Crippen LogP contribution in [-0.4, -0.2) is 63.4 Å². The summed E-state index contributed by atoms with van der Waals surface area (Å²) in [6, 6.07) is 5.09. The zero-order valence-corrected chi connectivity index (χ0v) is 17.6. The number of piperidine rings is 1. The molecule has 0 aromatic heterocycles. The second kappa shape index (κ2) is 8.80. The first kappa shape index (κ1) is 21.1. The fraction of sp³-hybridized carbons (Fsp3) is 0.650. The van der Waals surface area contributed by atoms with Crippen molar-refractivity contribution in [2.45, 2.75) is 56.9 Å². The van der Waals surface area contributed by atoms with E-state index in [0.717, 1.165) is 17.5 Å². The minimum atomic E-state index is -3.33. The van der Waals surface area contributed by atoms with E-state index in [1.165, 1.54) is 0 Å². The Balaban J connectivity index is 1.67. The van der Waals surface area contributed by atoms with Gasteiger partial charge >= 0.3 is 0 Å². The lowest BCUT2D eigenvalue weighted by Gasteiger charge is -2.41. The van der Waals surface area contributed by atoms with Crippen LogP contribution in [0.4, 0.5) is 0 Å². The van der Waals surface area contributed by atoms with Gasteiger partial charge in [-0.15, -0.1) is 0 Å². The number of carbonyl (C=O) groups excluding carboxylic acids is 1. The SMILES string of the molecule is COCC1[C@@H](NS(=O)(=O)C2CC2)CCCN1C(=O)COc1cccc(C)c1C. The minimum Gasteiger partial charge on any atom is -0.483 e. The van der Waals surface area contributed by atoms with Crippen molar-refractivity contribution in [2.75, 3.05) is 26.9 Å². The number of rotatable bonds is 8. The van der Waals surface area contributed by atoms with Crippen molar-refractivity contribution in [3.8, 4) is 5.75 Å². The Labute approximate surface area is 167 Å². The topological polar surface area (TPSA) is 84.9 Å². The number of amides is 1. The van der Waals surface area contributed by atoms with E-state index in [1.54, 1.807) is 12.0 Å². The summed E-state index contributed by atoms with van der Waals surface area (Å²) < 4.78 is 38.7. The van der Waals surface area contributed by atoms with Crippen LogP contribution >= 0.6 is 0 Å². The van der Waals surface area contributed by atoms with E-state index in [9.17, 15) is 13.2 Å². The molecule has 3 rings (SSSR count). The summed E-state index contributed by atoms with van der Waals surface area (Å²) in [6.45, 7) is 4.75. The number of carbonyl (C=O) groups is 1. The molecule has 1 unspecified atom stereocenters. The number of likely N-dealkylation sites (tertiary alicyclic amines) is 1. The van der Waals surface area contributed by atoms with E-state index < -0.39 is 10.0 Å². The van der Waals surface area contributed by atoms with Crippen molar-refractivity contribution in [3.63, 3.8) is 0 Å². The van der Waals surface area contributed by atoms with Gasteiger partial charge in [0.2, 0.25) is 10.0 Å². The van der Waals surface area contributed by atoms with Crippen LogP contribution in [0.3, 0.4) is 0 Å². The maximum atomic E-state index is 12.9. The van der Waals surface area contributed by atoms with Crippen LogP contribution in [0.1, 0.15) is 36.8 Å². The Bertz CT molecular complexity index is 807. The molecule has 1 heterocycles. The summed E-state index contributed by atoms with van der Waals surface area (Å²) in [5.74, 6) is 0.540. The summed E-state index contributed by atoms with van der Waals surface area (Å²) in [7, 11) is -1.76. The van der Waals surface area contributed by atoms with Crippen molar-refractivity contribution >= 4 is 15.9 Å². The average Bonchev–Trinajstić information content (AvgIpc) is 3.50. The lowest BCUT2D eigenvalue weighted by Crippen LogP contribution is -2.59. The molecule has 0 bridgehead atoms. The van der Waals surface area contributed by atoms with E-state index in [1.807, 2.05) is 32.0 Å². The second-order valence-electron chi connectivity index (χ2n) is 7.71. The number of benzene rings is 1. The summed E-state index contributed by atoms with van der Waals surface area (Å²) in [6.07, 6.45) is 2.86. The van der Waals surface area contributed by atoms with Crippen LogP contribution < -0.4 is 9.46 Å². The highest BCUT2D eigenvalue weighted by atomic mass is 32.2. The summed E-state index contributed by atoms with van der Waals surface area (Å²) in [5, 5.41) is -0.283. The first-order valence-electron chi connectivity index (χ1n) is 9.82. The van der Waals surface area contributed by atoms with Gasteiger partial charge in [0.1, 0.15) is 5.75 Å². The molecule has 2 aliphatic rings. The Hall–Kier alpha value is -1.64. The molecule has 28 heavy (non-hydrogen) atoms. The van der Waals surface area contributed by atoms with Crippen molar-refractivity contribution in [1.82, 2.24) is 9.62 Å². The molecular formula is C20H30N2O5S. The predicted molar refractivity (Wildman–Crippen MR) is 107 cm³/mol. The molecule has 1 saturated heterocycles. The van der Waals surface area contributed by atoms with Gasteiger partial charge in [-0.25, -0.2) is 13.1 Å². The molecule has 2 atom stereocenters. The number of hydrogen-bond acceptors (Lipinski definition) is 5. The molecule has 1 aromatic carbocycles. The van der Waals surface area contributed by atoms with Crippen LogP contribution in [-0.2, 0) is 19.6 Å². The number of aryl methyl sites for hydroxylation is 1. The molecule has 0 spiro atoms. The van der Waals surface area contributed by atoms with Crippen LogP contribution in [0.25, 0.3) is 0 Å². The summed E-state index contributed by atoms with van der Waals surface area (Å²) in [5.41, 5.74) is 2.12. The number of hydrogen-bond donors (Lipinski definition) is 1. The third-order valence-electron chi connectivity index (χ3n) is 5.62. The van der Waals surface area contributed by atoms with E-state index in [-0.39, 0.29) is 36.5 Å². The van der Waals surface area contributed by atoms with Crippen molar-refractivity contribution in [3.05, 3.63) is 29.3 Å². The van der Waals surface area contributed by atoms with Gasteiger partial charge in [-0.1, -0.05) is 12.1 Å². The van der Waals surface area contributed by atoms with Gasteiger partial charge in [-0.05, 0) is 56.7 Å². The lowest BCUT2D eigenvalue weighted by molar-refractivity contribution is -0.139. The number of sulfonamides is 1. The quantitative estimate of drug-likeness (QED) is 0.706. The minimum absolute atomic E-state index is 0.0768. The van der Waals surface area contributed by atoms with Gasteiger partial charge in [0.25, 0.3) is 5.91 Å². The van der Waals surface area contributed by atoms with Gasteiger partial charge < -0.3 is 14.4 Å². The predicted octanol–water partition coefficient (Wildman–Crippen LogP) is 1.77. The normalized spacial score (nSPS) is 22.9. The average molecular weight is 411 g/mol. The highest BCUT2D eigenvalue weighted by Gasteiger charge is 2.41. The van der Waals surface area contributed by atoms with Gasteiger partial charge in [0, 0.05) is 19.7 Å². The van der Waals surface area contributed by atoms with Gasteiger partial charge in [-0.2, -0.15) is 0 Å². The third-order valence-corrected chi connectivity index (χ3v) is 7.60. The molecule has 156 valence electrons. The molecule has 1 amide bonds. The van der Waals surface area contributed by atoms with Gasteiger partial charge in [0.15, 0.2) is 6.61 Å². The first-order valence-corrected chi connectivity index (χ1v) is 11.4. The Morgan fingerprint density at radius 1 is 1.25 bits per heavy atom. The van der Waals surface area contributed by atoms with Crippen molar-refractivity contribution in [1.29, 1.82) is 0 Å². The van der Waals surface area contributed by atoms with E-state index in [2.05, 4.69) is 4.72 Å².